The van der Waals surface area contributed by atoms with E-state index < -0.39 is 35.2 Å². The minimum atomic E-state index is -1.96. The summed E-state index contributed by atoms with van der Waals surface area (Å²) >= 11 is 3.70. The van der Waals surface area contributed by atoms with Crippen molar-refractivity contribution in [1.82, 2.24) is 0 Å². The van der Waals surface area contributed by atoms with Crippen molar-refractivity contribution in [3.63, 3.8) is 0 Å². The summed E-state index contributed by atoms with van der Waals surface area (Å²) in [4.78, 5) is 24.1. The van der Waals surface area contributed by atoms with E-state index in [2.05, 4.69) is 20.1 Å². The van der Waals surface area contributed by atoms with Gasteiger partial charge in [0.1, 0.15) is 12.3 Å². The van der Waals surface area contributed by atoms with E-state index >= 15 is 8.78 Å². The maximum absolute atomic E-state index is 17.6. The lowest BCUT2D eigenvalue weighted by Gasteiger charge is -2.64. The van der Waals surface area contributed by atoms with Crippen LogP contribution >= 0.6 is 23.5 Å². The van der Waals surface area contributed by atoms with Crippen LogP contribution in [-0.4, -0.2) is 45.8 Å². The Labute approximate surface area is 192 Å². The van der Waals surface area contributed by atoms with Gasteiger partial charge in [-0.15, -0.1) is 23.5 Å². The third-order valence-corrected chi connectivity index (χ3v) is 12.3. The summed E-state index contributed by atoms with van der Waals surface area (Å²) in [5, 5.41) is 0. The maximum Gasteiger partial charge on any atom is 0.303 e. The van der Waals surface area contributed by atoms with Gasteiger partial charge >= 0.3 is 5.97 Å². The summed E-state index contributed by atoms with van der Waals surface area (Å²) < 4.78 is 38.7. The van der Waals surface area contributed by atoms with Crippen molar-refractivity contribution in [3.8, 4) is 0 Å². The minimum absolute atomic E-state index is 0.0153. The molecule has 0 aliphatic heterocycles. The fourth-order valence-corrected chi connectivity index (χ4v) is 10.4. The lowest BCUT2D eigenvalue weighted by molar-refractivity contribution is -0.213. The summed E-state index contributed by atoms with van der Waals surface area (Å²) in [6.07, 6.45) is 6.05. The number of allylic oxidation sites excluding steroid dienone is 4. The molecule has 0 aromatic heterocycles. The summed E-state index contributed by atoms with van der Waals surface area (Å²) in [6.45, 7) is 7.31. The molecule has 172 valence electrons. The normalized spacial score (nSPS) is 48.5. The van der Waals surface area contributed by atoms with Crippen molar-refractivity contribution >= 4 is 35.3 Å². The first kappa shape index (κ1) is 23.3. The Morgan fingerprint density at radius 3 is 2.65 bits per heavy atom. The summed E-state index contributed by atoms with van der Waals surface area (Å²) in [5.74, 6) is -0.501. The molecule has 0 spiro atoms. The number of esters is 1. The Morgan fingerprint density at radius 2 is 2.03 bits per heavy atom. The number of rotatable bonds is 4. The van der Waals surface area contributed by atoms with Crippen LogP contribution in [0, 0.1) is 22.7 Å². The minimum Gasteiger partial charge on any atom is -0.459 e. The van der Waals surface area contributed by atoms with E-state index in [0.717, 1.165) is 18.6 Å². The number of fused-ring (bicyclic) bond motifs is 5. The molecule has 0 N–H and O–H groups in total. The molecule has 4 aliphatic carbocycles. The van der Waals surface area contributed by atoms with Crippen molar-refractivity contribution in [3.05, 3.63) is 23.8 Å². The van der Waals surface area contributed by atoms with Gasteiger partial charge in [-0.05, 0) is 73.7 Å². The monoisotopic (exact) mass is 470 g/mol. The van der Waals surface area contributed by atoms with Crippen molar-refractivity contribution in [2.45, 2.75) is 75.4 Å². The molecule has 3 nitrogen and oxygen atoms in total. The molecule has 3 fully saturated rings. The Balaban J connectivity index is 1.89. The van der Waals surface area contributed by atoms with Crippen molar-refractivity contribution < 1.29 is 23.1 Å². The highest BCUT2D eigenvalue weighted by Gasteiger charge is 2.75. The van der Waals surface area contributed by atoms with E-state index in [4.69, 9.17) is 4.74 Å². The molecule has 31 heavy (non-hydrogen) atoms. The number of ether oxygens (including phenoxy) is 1. The molecule has 3 saturated carbocycles. The highest BCUT2D eigenvalue weighted by molar-refractivity contribution is 8.18. The van der Waals surface area contributed by atoms with Gasteiger partial charge in [-0.1, -0.05) is 19.9 Å². The number of hydrogen-bond acceptors (Lipinski definition) is 5. The molecular weight excluding hydrogens is 438 g/mol. The van der Waals surface area contributed by atoms with Gasteiger partial charge in [0.2, 0.25) is 0 Å². The van der Waals surface area contributed by atoms with E-state index in [9.17, 15) is 9.59 Å². The van der Waals surface area contributed by atoms with Gasteiger partial charge in [0, 0.05) is 18.3 Å². The first-order chi connectivity index (χ1) is 14.5. The van der Waals surface area contributed by atoms with E-state index in [-0.39, 0.29) is 33.2 Å². The fraction of sp³-hybridized carbons (Fsp3) is 0.750. The first-order valence-electron chi connectivity index (χ1n) is 11.1. The Hall–Kier alpha value is -0.820. The molecule has 0 radical (unpaired) electrons. The molecule has 0 heterocycles. The van der Waals surface area contributed by atoms with E-state index in [0.29, 0.717) is 6.42 Å². The predicted molar refractivity (Wildman–Crippen MR) is 123 cm³/mol. The molecule has 7 heteroatoms. The second-order valence-electron chi connectivity index (χ2n) is 9.87. The van der Waals surface area contributed by atoms with E-state index in [1.165, 1.54) is 25.2 Å². The van der Waals surface area contributed by atoms with Crippen LogP contribution in [0.3, 0.4) is 0 Å². The number of halogens is 2. The molecule has 0 aromatic rings. The first-order valence-corrected chi connectivity index (χ1v) is 13.3. The molecule has 0 amide bonds. The lowest BCUT2D eigenvalue weighted by Crippen LogP contribution is -2.69. The molecule has 0 bridgehead atoms. The van der Waals surface area contributed by atoms with Crippen molar-refractivity contribution in [2.75, 3.05) is 12.0 Å². The number of ketones is 1. The third kappa shape index (κ3) is 2.97. The molecule has 4 rings (SSSR count). The van der Waals surface area contributed by atoms with Gasteiger partial charge < -0.3 is 4.74 Å². The summed E-state index contributed by atoms with van der Waals surface area (Å²) in [6, 6.07) is 0. The number of carbonyl (C=O) groups is 2. The van der Waals surface area contributed by atoms with Crippen LogP contribution < -0.4 is 0 Å². The smallest absolute Gasteiger partial charge is 0.303 e. The van der Waals surface area contributed by atoms with Crippen LogP contribution in [0.4, 0.5) is 8.78 Å². The SMILES string of the molecule is CCS[C@]1(SC)CC[C@H]2[C@@H]3CC(F)C4=CC(=O)C=C[C@]4(C)[C@@]3(F)[C@@H](OC(C)=O)C[C@@]21C. The lowest BCUT2D eigenvalue weighted by atomic mass is 9.45. The van der Waals surface area contributed by atoms with E-state index in [1.54, 1.807) is 6.92 Å². The largest absolute Gasteiger partial charge is 0.459 e. The van der Waals surface area contributed by atoms with Gasteiger partial charge in [0.25, 0.3) is 0 Å². The highest BCUT2D eigenvalue weighted by Crippen LogP contribution is 2.74. The van der Waals surface area contributed by atoms with Gasteiger partial charge in [-0.2, -0.15) is 0 Å². The number of alkyl halides is 2. The average Bonchev–Trinajstić information content (AvgIpc) is 2.98. The molecule has 0 saturated heterocycles. The quantitative estimate of drug-likeness (QED) is 0.390. The average molecular weight is 471 g/mol. The summed E-state index contributed by atoms with van der Waals surface area (Å²) in [7, 11) is 0. The van der Waals surface area contributed by atoms with Crippen LogP contribution in [0.25, 0.3) is 0 Å². The zero-order valence-electron chi connectivity index (χ0n) is 18.9. The molecule has 4 aliphatic rings. The van der Waals surface area contributed by atoms with Gasteiger partial charge in [-0.25, -0.2) is 8.78 Å². The molecule has 8 atom stereocenters. The zero-order chi connectivity index (χ0) is 22.8. The second kappa shape index (κ2) is 7.61. The van der Waals surface area contributed by atoms with Crippen LogP contribution in [-0.2, 0) is 14.3 Å². The Bertz CT molecular complexity index is 860. The number of thioether (sulfide) groups is 2. The molecular formula is C24H32F2O3S2. The molecule has 0 aromatic carbocycles. The fourth-order valence-electron chi connectivity index (χ4n) is 7.31. The van der Waals surface area contributed by atoms with Crippen LogP contribution in [0.2, 0.25) is 0 Å². The number of carbonyl (C=O) groups excluding carboxylic acids is 2. The standard InChI is InChI=1S/C24H32F2O3S2/c1-6-31-23(30-5)10-8-16-17-12-19(25)18-11-15(28)7-9-21(18,3)24(17,26)20(29-14(2)27)13-22(16,23)4/h7,9,11,16-17,19-20H,6,8,10,12-13H2,1-5H3/t16-,17-,19?,20-,21-,22-,23+,24-/m0/s1. The topological polar surface area (TPSA) is 43.4 Å². The molecule has 1 unspecified atom stereocenters. The maximum atomic E-state index is 17.6. The van der Waals surface area contributed by atoms with Crippen molar-refractivity contribution in [2.24, 2.45) is 22.7 Å². The Kier molecular flexibility index (Phi) is 5.73. The third-order valence-electron chi connectivity index (χ3n) is 8.66. The van der Waals surface area contributed by atoms with Crippen LogP contribution in [0.5, 0.6) is 0 Å². The highest BCUT2D eigenvalue weighted by atomic mass is 32.2. The Morgan fingerprint density at radius 1 is 1.32 bits per heavy atom. The predicted octanol–water partition coefficient (Wildman–Crippen LogP) is 5.69. The number of hydrogen-bond donors (Lipinski definition) is 0. The zero-order valence-corrected chi connectivity index (χ0v) is 20.5. The summed E-state index contributed by atoms with van der Waals surface area (Å²) in [5.41, 5.74) is -3.37. The van der Waals surface area contributed by atoms with Gasteiger partial charge in [-0.3, -0.25) is 9.59 Å². The second-order valence-corrected chi connectivity index (χ2v) is 12.8. The van der Waals surface area contributed by atoms with Crippen molar-refractivity contribution in [1.29, 1.82) is 0 Å². The van der Waals surface area contributed by atoms with Gasteiger partial charge in [0.15, 0.2) is 11.5 Å². The van der Waals surface area contributed by atoms with Gasteiger partial charge in [0.05, 0.1) is 4.08 Å². The van der Waals surface area contributed by atoms with E-state index in [1.807, 2.05) is 23.5 Å². The van der Waals surface area contributed by atoms with Crippen LogP contribution in [0.15, 0.2) is 23.8 Å². The van der Waals surface area contributed by atoms with Crippen LogP contribution in [0.1, 0.15) is 53.4 Å².